The van der Waals surface area contributed by atoms with Crippen LogP contribution in [0.3, 0.4) is 0 Å². The lowest BCUT2D eigenvalue weighted by molar-refractivity contribution is -0.145. The van der Waals surface area contributed by atoms with Gasteiger partial charge in [-0.3, -0.25) is 18.7 Å². The summed E-state index contributed by atoms with van der Waals surface area (Å²) in [5.41, 5.74) is -0.0434. The Bertz CT molecular complexity index is 1200. The van der Waals surface area contributed by atoms with E-state index in [-0.39, 0.29) is 17.6 Å². The van der Waals surface area contributed by atoms with E-state index in [4.69, 9.17) is 4.74 Å². The van der Waals surface area contributed by atoms with E-state index in [1.54, 1.807) is 27.8 Å². The fraction of sp³-hybridized carbons (Fsp3) is 0.350. The van der Waals surface area contributed by atoms with Gasteiger partial charge in [0, 0.05) is 19.7 Å². The molecule has 0 saturated heterocycles. The quantitative estimate of drug-likeness (QED) is 0.358. The number of carbonyl (C=O) groups is 1. The minimum atomic E-state index is -0.995. The number of hydrogen-bond acceptors (Lipinski definition) is 7. The summed E-state index contributed by atoms with van der Waals surface area (Å²) >= 11 is 1.12. The molecule has 0 amide bonds. The van der Waals surface area contributed by atoms with E-state index in [2.05, 4.69) is 9.97 Å². The number of aromatic nitrogens is 4. The minimum absolute atomic E-state index is 0.191. The Kier molecular flexibility index (Phi) is 5.61. The second kappa shape index (κ2) is 7.82. The van der Waals surface area contributed by atoms with Crippen LogP contribution in [0, 0.1) is 0 Å². The van der Waals surface area contributed by atoms with Crippen LogP contribution >= 0.6 is 11.8 Å². The van der Waals surface area contributed by atoms with Crippen molar-refractivity contribution in [1.82, 2.24) is 19.1 Å². The van der Waals surface area contributed by atoms with Gasteiger partial charge in [-0.15, -0.1) is 0 Å². The van der Waals surface area contributed by atoms with Gasteiger partial charge in [-0.05, 0) is 20.8 Å². The Morgan fingerprint density at radius 3 is 2.38 bits per heavy atom. The Morgan fingerprint density at radius 1 is 1.10 bits per heavy atom. The van der Waals surface area contributed by atoms with Gasteiger partial charge >= 0.3 is 11.7 Å². The van der Waals surface area contributed by atoms with Crippen molar-refractivity contribution in [3.63, 3.8) is 0 Å². The summed E-state index contributed by atoms with van der Waals surface area (Å²) in [5.74, 6) is -0.0526. The number of ether oxygens (including phenoxy) is 1. The van der Waals surface area contributed by atoms with Crippen molar-refractivity contribution in [1.29, 1.82) is 0 Å². The number of nitrogens with zero attached hydrogens (tertiary/aromatic N) is 4. The first-order valence-corrected chi connectivity index (χ1v) is 9.88. The van der Waals surface area contributed by atoms with Crippen LogP contribution in [0.15, 0.2) is 44.9 Å². The first-order chi connectivity index (χ1) is 13.7. The molecule has 0 aliphatic rings. The Morgan fingerprint density at radius 2 is 1.76 bits per heavy atom. The van der Waals surface area contributed by atoms with Crippen LogP contribution in [0.2, 0.25) is 0 Å². The maximum absolute atomic E-state index is 12.9. The number of benzene rings is 1. The molecule has 0 bridgehead atoms. The molecule has 29 heavy (non-hydrogen) atoms. The van der Waals surface area contributed by atoms with Crippen LogP contribution in [0.25, 0.3) is 22.4 Å². The first kappa shape index (κ1) is 20.8. The molecule has 0 fully saturated rings. The van der Waals surface area contributed by atoms with Gasteiger partial charge in [-0.25, -0.2) is 14.8 Å². The molecule has 2 heterocycles. The number of carbonyl (C=O) groups excluding carboxylic acids is 1. The Balaban J connectivity index is 2.33. The molecule has 9 heteroatoms. The predicted octanol–water partition coefficient (Wildman–Crippen LogP) is 2.13. The highest BCUT2D eigenvalue weighted by Crippen LogP contribution is 2.36. The molecular formula is C20H22N4O4S. The Hall–Kier alpha value is -2.94. The van der Waals surface area contributed by atoms with Crippen molar-refractivity contribution in [2.75, 3.05) is 6.61 Å². The average molecular weight is 414 g/mol. The van der Waals surface area contributed by atoms with E-state index >= 15 is 0 Å². The van der Waals surface area contributed by atoms with Crippen LogP contribution in [0.4, 0.5) is 0 Å². The normalized spacial score (nSPS) is 11.6. The molecule has 0 aliphatic carbocycles. The fourth-order valence-electron chi connectivity index (χ4n) is 2.81. The highest BCUT2D eigenvalue weighted by molar-refractivity contribution is 8.01. The minimum Gasteiger partial charge on any atom is -0.465 e. The highest BCUT2D eigenvalue weighted by atomic mass is 32.2. The number of fused-ring (bicyclic) bond motifs is 1. The summed E-state index contributed by atoms with van der Waals surface area (Å²) in [4.78, 5) is 46.8. The Labute approximate surface area is 171 Å². The highest BCUT2D eigenvalue weighted by Gasteiger charge is 2.33. The maximum atomic E-state index is 12.9. The molecule has 0 unspecified atom stereocenters. The lowest BCUT2D eigenvalue weighted by Crippen LogP contribution is -2.38. The molecule has 1 aromatic carbocycles. The molecule has 0 radical (unpaired) electrons. The van der Waals surface area contributed by atoms with Gasteiger partial charge in [-0.1, -0.05) is 42.1 Å². The van der Waals surface area contributed by atoms with Gasteiger partial charge in [0.2, 0.25) is 0 Å². The summed E-state index contributed by atoms with van der Waals surface area (Å²) in [7, 11) is 2.96. The number of thioether (sulfide) groups is 1. The average Bonchev–Trinajstić information content (AvgIpc) is 2.70. The second-order valence-corrected chi connectivity index (χ2v) is 8.57. The number of hydrogen-bond donors (Lipinski definition) is 0. The lowest BCUT2D eigenvalue weighted by Gasteiger charge is -2.22. The molecule has 0 N–H and O–H groups in total. The number of rotatable bonds is 5. The molecule has 0 atom stereocenters. The van der Waals surface area contributed by atoms with Crippen molar-refractivity contribution in [3.05, 3.63) is 51.2 Å². The van der Waals surface area contributed by atoms with Gasteiger partial charge in [0.15, 0.2) is 11.5 Å². The SMILES string of the molecule is CCOC(=O)C(C)(C)Sc1nc(-c2ccccc2)nc2c1c(=O)n(C)c(=O)n2C. The lowest BCUT2D eigenvalue weighted by atomic mass is 10.2. The fourth-order valence-corrected chi connectivity index (χ4v) is 3.85. The molecule has 0 aliphatic heterocycles. The molecule has 3 aromatic rings. The maximum Gasteiger partial charge on any atom is 0.332 e. The molecule has 8 nitrogen and oxygen atoms in total. The third-order valence-electron chi connectivity index (χ3n) is 4.42. The molecule has 0 spiro atoms. The number of esters is 1. The summed E-state index contributed by atoms with van der Waals surface area (Å²) in [6.07, 6.45) is 0. The van der Waals surface area contributed by atoms with Crippen molar-refractivity contribution < 1.29 is 9.53 Å². The van der Waals surface area contributed by atoms with Crippen molar-refractivity contribution in [3.8, 4) is 11.4 Å². The molecule has 2 aromatic heterocycles. The van der Waals surface area contributed by atoms with Gasteiger partial charge in [-0.2, -0.15) is 0 Å². The van der Waals surface area contributed by atoms with Crippen molar-refractivity contribution in [2.45, 2.75) is 30.5 Å². The van der Waals surface area contributed by atoms with E-state index in [9.17, 15) is 14.4 Å². The summed E-state index contributed by atoms with van der Waals surface area (Å²) < 4.78 is 6.49. The van der Waals surface area contributed by atoms with Crippen LogP contribution < -0.4 is 11.2 Å². The molecular weight excluding hydrogens is 392 g/mol. The van der Waals surface area contributed by atoms with Crippen molar-refractivity contribution >= 4 is 28.8 Å². The molecule has 152 valence electrons. The third kappa shape index (κ3) is 3.82. The summed E-state index contributed by atoms with van der Waals surface area (Å²) in [5, 5.41) is 0.514. The predicted molar refractivity (Wildman–Crippen MR) is 112 cm³/mol. The van der Waals surface area contributed by atoms with E-state index in [0.29, 0.717) is 10.9 Å². The summed E-state index contributed by atoms with van der Waals surface area (Å²) in [6.45, 7) is 5.40. The van der Waals surface area contributed by atoms with E-state index in [1.165, 1.54) is 11.6 Å². The molecule has 3 rings (SSSR count). The van der Waals surface area contributed by atoms with Crippen LogP contribution in [0.5, 0.6) is 0 Å². The first-order valence-electron chi connectivity index (χ1n) is 9.06. The third-order valence-corrected chi connectivity index (χ3v) is 5.58. The number of aryl methyl sites for hydroxylation is 1. The van der Waals surface area contributed by atoms with Gasteiger partial charge in [0.05, 0.1) is 6.61 Å². The van der Waals surface area contributed by atoms with E-state index < -0.39 is 22.0 Å². The van der Waals surface area contributed by atoms with Crippen LogP contribution in [-0.2, 0) is 23.6 Å². The smallest absolute Gasteiger partial charge is 0.332 e. The zero-order valence-corrected chi connectivity index (χ0v) is 17.7. The monoisotopic (exact) mass is 414 g/mol. The largest absolute Gasteiger partial charge is 0.465 e. The van der Waals surface area contributed by atoms with E-state index in [1.807, 2.05) is 30.3 Å². The second-order valence-electron chi connectivity index (χ2n) is 6.96. The standard InChI is InChI=1S/C20H22N4O4S/c1-6-28-18(26)20(2,3)29-16-13-15(23(4)19(27)24(5)17(13)25)21-14(22-16)12-10-8-7-9-11-12/h7-11H,6H2,1-5H3. The summed E-state index contributed by atoms with van der Waals surface area (Å²) in [6, 6.07) is 9.24. The van der Waals surface area contributed by atoms with Crippen molar-refractivity contribution in [2.24, 2.45) is 14.1 Å². The zero-order chi connectivity index (χ0) is 21.3. The van der Waals surface area contributed by atoms with Crippen LogP contribution in [-0.4, -0.2) is 36.4 Å². The van der Waals surface area contributed by atoms with Gasteiger partial charge in [0.1, 0.15) is 15.2 Å². The zero-order valence-electron chi connectivity index (χ0n) is 16.9. The van der Waals surface area contributed by atoms with Crippen LogP contribution in [0.1, 0.15) is 20.8 Å². The topological polar surface area (TPSA) is 96.1 Å². The van der Waals surface area contributed by atoms with E-state index in [0.717, 1.165) is 21.9 Å². The molecule has 0 saturated carbocycles. The van der Waals surface area contributed by atoms with Gasteiger partial charge in [0.25, 0.3) is 5.56 Å². The van der Waals surface area contributed by atoms with Gasteiger partial charge < -0.3 is 4.74 Å².